The molecule has 0 aliphatic heterocycles. The van der Waals surface area contributed by atoms with Crippen LogP contribution in [0, 0.1) is 11.8 Å². The van der Waals surface area contributed by atoms with E-state index in [0.29, 0.717) is 18.7 Å². The summed E-state index contributed by atoms with van der Waals surface area (Å²) in [5.41, 5.74) is 0. The maximum atomic E-state index is 12.7. The molecule has 4 nitrogen and oxygen atoms in total. The number of hydrogen-bond acceptors (Lipinski definition) is 3. The van der Waals surface area contributed by atoms with E-state index in [4.69, 9.17) is 0 Å². The van der Waals surface area contributed by atoms with E-state index < -0.39 is 18.2 Å². The van der Waals surface area contributed by atoms with Crippen molar-refractivity contribution in [2.24, 2.45) is 18.9 Å². The van der Waals surface area contributed by atoms with Gasteiger partial charge in [0.15, 0.2) is 0 Å². The monoisotopic (exact) mass is 277 g/mol. The van der Waals surface area contributed by atoms with E-state index in [1.807, 2.05) is 0 Å². The summed E-state index contributed by atoms with van der Waals surface area (Å²) in [6, 6.07) is 0. The summed E-state index contributed by atoms with van der Waals surface area (Å²) in [6.07, 6.45) is -1.95. The smallest absolute Gasteiger partial charge is 0.391 e. The van der Waals surface area contributed by atoms with Gasteiger partial charge in [-0.2, -0.15) is 18.3 Å². The molecule has 0 aromatic carbocycles. The van der Waals surface area contributed by atoms with Gasteiger partial charge in [0.1, 0.15) is 12.2 Å². The van der Waals surface area contributed by atoms with E-state index in [1.54, 1.807) is 7.05 Å². The zero-order valence-electron chi connectivity index (χ0n) is 10.8. The molecule has 7 heteroatoms. The normalized spacial score (nSPS) is 26.4. The number of aliphatic hydroxyl groups is 1. The summed E-state index contributed by atoms with van der Waals surface area (Å²) in [5.74, 6) is -0.987. The third-order valence-electron chi connectivity index (χ3n) is 3.92. The number of halogens is 3. The van der Waals surface area contributed by atoms with Crippen LogP contribution in [-0.4, -0.2) is 32.2 Å². The highest BCUT2D eigenvalue weighted by atomic mass is 19.4. The van der Waals surface area contributed by atoms with Gasteiger partial charge < -0.3 is 5.11 Å². The van der Waals surface area contributed by atoms with E-state index in [1.165, 1.54) is 11.0 Å². The molecule has 0 saturated heterocycles. The second-order valence-electron chi connectivity index (χ2n) is 5.24. The quantitative estimate of drug-likeness (QED) is 0.920. The average molecular weight is 277 g/mol. The molecule has 0 amide bonds. The van der Waals surface area contributed by atoms with Crippen LogP contribution >= 0.6 is 0 Å². The van der Waals surface area contributed by atoms with Gasteiger partial charge in [-0.3, -0.25) is 4.68 Å². The minimum Gasteiger partial charge on any atom is -0.392 e. The summed E-state index contributed by atoms with van der Waals surface area (Å²) in [4.78, 5) is 3.99. The average Bonchev–Trinajstić information content (AvgIpc) is 2.74. The van der Waals surface area contributed by atoms with Crippen LogP contribution in [0.15, 0.2) is 6.33 Å². The summed E-state index contributed by atoms with van der Waals surface area (Å²) >= 11 is 0. The third-order valence-corrected chi connectivity index (χ3v) is 3.92. The van der Waals surface area contributed by atoms with Crippen LogP contribution in [-0.2, 0) is 13.5 Å². The summed E-state index contributed by atoms with van der Waals surface area (Å²) in [6.45, 7) is 0. The maximum Gasteiger partial charge on any atom is 0.391 e. The number of hydrogen-bond donors (Lipinski definition) is 1. The first kappa shape index (κ1) is 14.3. The maximum absolute atomic E-state index is 12.7. The van der Waals surface area contributed by atoms with E-state index >= 15 is 0 Å². The molecule has 1 fully saturated rings. The molecule has 0 radical (unpaired) electrons. The molecule has 1 aromatic rings. The van der Waals surface area contributed by atoms with Crippen molar-refractivity contribution < 1.29 is 18.3 Å². The van der Waals surface area contributed by atoms with Crippen molar-refractivity contribution in [1.82, 2.24) is 14.8 Å². The second kappa shape index (κ2) is 5.48. The number of rotatable bonds is 3. The van der Waals surface area contributed by atoms with Crippen molar-refractivity contribution in [2.75, 3.05) is 0 Å². The Morgan fingerprint density at radius 3 is 2.79 bits per heavy atom. The molecule has 108 valence electrons. The van der Waals surface area contributed by atoms with Gasteiger partial charge in [-0.15, -0.1) is 0 Å². The molecule has 1 N–H and O–H groups in total. The van der Waals surface area contributed by atoms with Gasteiger partial charge in [0.05, 0.1) is 12.0 Å². The first-order valence-corrected chi connectivity index (χ1v) is 6.45. The Kier molecular flexibility index (Phi) is 4.13. The van der Waals surface area contributed by atoms with Gasteiger partial charge in [0.2, 0.25) is 0 Å². The lowest BCUT2D eigenvalue weighted by atomic mass is 9.77. The van der Waals surface area contributed by atoms with Crippen LogP contribution in [0.2, 0.25) is 0 Å². The third kappa shape index (κ3) is 3.46. The second-order valence-corrected chi connectivity index (χ2v) is 5.24. The molecular weight excluding hydrogens is 259 g/mol. The highest BCUT2D eigenvalue weighted by molar-refractivity contribution is 4.90. The van der Waals surface area contributed by atoms with Gasteiger partial charge in [-0.25, -0.2) is 4.98 Å². The highest BCUT2D eigenvalue weighted by Crippen LogP contribution is 2.41. The molecule has 1 saturated carbocycles. The van der Waals surface area contributed by atoms with Gasteiger partial charge in [-0.05, 0) is 25.2 Å². The number of aliphatic hydroxyl groups excluding tert-OH is 1. The zero-order valence-corrected chi connectivity index (χ0v) is 10.8. The summed E-state index contributed by atoms with van der Waals surface area (Å²) in [7, 11) is 1.70. The lowest BCUT2D eigenvalue weighted by molar-refractivity contribution is -0.188. The molecule has 19 heavy (non-hydrogen) atoms. The zero-order chi connectivity index (χ0) is 14.0. The number of nitrogens with zero attached hydrogens (tertiary/aromatic N) is 3. The SMILES string of the molecule is Cn1ncnc1CC(O)C1CCCC(C(F)(F)F)C1. The molecular formula is C12H18F3N3O. The molecule has 2 rings (SSSR count). The Morgan fingerprint density at radius 1 is 1.47 bits per heavy atom. The topological polar surface area (TPSA) is 50.9 Å². The standard InChI is InChI=1S/C12H18F3N3O/c1-18-11(16-7-17-18)6-10(19)8-3-2-4-9(5-8)12(13,14)15/h7-10,19H,2-6H2,1H3. The molecule has 3 unspecified atom stereocenters. The largest absolute Gasteiger partial charge is 0.392 e. The van der Waals surface area contributed by atoms with Crippen molar-refractivity contribution in [3.05, 3.63) is 12.2 Å². The fourth-order valence-corrected chi connectivity index (χ4v) is 2.73. The lowest BCUT2D eigenvalue weighted by Gasteiger charge is -2.33. The Hall–Kier alpha value is -1.11. The molecule has 1 aliphatic rings. The van der Waals surface area contributed by atoms with E-state index in [-0.39, 0.29) is 25.2 Å². The van der Waals surface area contributed by atoms with Crippen LogP contribution in [0.3, 0.4) is 0 Å². The predicted octanol–water partition coefficient (Wildman–Crippen LogP) is 2.09. The molecule has 0 spiro atoms. The van der Waals surface area contributed by atoms with Gasteiger partial charge in [0, 0.05) is 13.5 Å². The van der Waals surface area contributed by atoms with E-state index in [9.17, 15) is 18.3 Å². The van der Waals surface area contributed by atoms with Crippen LogP contribution < -0.4 is 0 Å². The Balaban J connectivity index is 1.96. The first-order valence-electron chi connectivity index (χ1n) is 6.45. The fourth-order valence-electron chi connectivity index (χ4n) is 2.73. The van der Waals surface area contributed by atoms with Gasteiger partial charge in [0.25, 0.3) is 0 Å². The molecule has 1 aromatic heterocycles. The van der Waals surface area contributed by atoms with Crippen molar-refractivity contribution in [1.29, 1.82) is 0 Å². The van der Waals surface area contributed by atoms with E-state index in [2.05, 4.69) is 10.1 Å². The fraction of sp³-hybridized carbons (Fsp3) is 0.833. The van der Waals surface area contributed by atoms with Crippen molar-refractivity contribution >= 4 is 0 Å². The molecule has 0 bridgehead atoms. The van der Waals surface area contributed by atoms with Crippen molar-refractivity contribution in [3.63, 3.8) is 0 Å². The Bertz CT molecular complexity index is 419. The van der Waals surface area contributed by atoms with Crippen LogP contribution in [0.1, 0.15) is 31.5 Å². The minimum atomic E-state index is -4.15. The number of aromatic nitrogens is 3. The predicted molar refractivity (Wildman–Crippen MR) is 62.2 cm³/mol. The minimum absolute atomic E-state index is 0.0164. The summed E-state index contributed by atoms with van der Waals surface area (Å²) < 4.78 is 39.7. The van der Waals surface area contributed by atoms with Crippen molar-refractivity contribution in [2.45, 2.75) is 44.4 Å². The van der Waals surface area contributed by atoms with E-state index in [0.717, 1.165) is 0 Å². The van der Waals surface area contributed by atoms with Gasteiger partial charge in [-0.1, -0.05) is 6.42 Å². The molecule has 1 heterocycles. The van der Waals surface area contributed by atoms with Gasteiger partial charge >= 0.3 is 6.18 Å². The van der Waals surface area contributed by atoms with Crippen molar-refractivity contribution in [3.8, 4) is 0 Å². The number of aryl methyl sites for hydroxylation is 1. The molecule has 3 atom stereocenters. The van der Waals surface area contributed by atoms with Crippen LogP contribution in [0.4, 0.5) is 13.2 Å². The van der Waals surface area contributed by atoms with Crippen LogP contribution in [0.5, 0.6) is 0 Å². The first-order chi connectivity index (χ1) is 8.88. The summed E-state index contributed by atoms with van der Waals surface area (Å²) in [5, 5.41) is 14.0. The Morgan fingerprint density at radius 2 is 2.21 bits per heavy atom. The Labute approximate surface area is 109 Å². The molecule has 1 aliphatic carbocycles. The lowest BCUT2D eigenvalue weighted by Crippen LogP contribution is -2.34. The highest BCUT2D eigenvalue weighted by Gasteiger charge is 2.43. The number of alkyl halides is 3. The van der Waals surface area contributed by atoms with Crippen LogP contribution in [0.25, 0.3) is 0 Å².